The maximum absolute atomic E-state index is 10.8. The molecule has 1 aliphatic rings. The van der Waals surface area contributed by atoms with E-state index in [1.807, 2.05) is 10.6 Å². The Kier molecular flexibility index (Phi) is 1.69. The average Bonchev–Trinajstić information content (AvgIpc) is 2.76. The van der Waals surface area contributed by atoms with E-state index in [1.165, 1.54) is 17.7 Å². The van der Waals surface area contributed by atoms with Gasteiger partial charge in [-0.25, -0.2) is 4.98 Å². The van der Waals surface area contributed by atoms with E-state index in [0.717, 1.165) is 10.9 Å². The Morgan fingerprint density at radius 3 is 2.93 bits per heavy atom. The first-order valence-corrected chi connectivity index (χ1v) is 5.62. The SMILES string of the molecule is O=C(Cl)c1cn2cc(C3CC3)sc2n1. The quantitative estimate of drug-likeness (QED) is 0.738. The number of carbonyl (C=O) groups excluding carboxylic acids is 1. The number of hydrogen-bond donors (Lipinski definition) is 0. The van der Waals surface area contributed by atoms with Crippen LogP contribution in [0.5, 0.6) is 0 Å². The first kappa shape index (κ1) is 8.44. The van der Waals surface area contributed by atoms with E-state index < -0.39 is 5.24 Å². The Morgan fingerprint density at radius 2 is 2.36 bits per heavy atom. The van der Waals surface area contributed by atoms with Gasteiger partial charge in [-0.2, -0.15) is 0 Å². The van der Waals surface area contributed by atoms with Gasteiger partial charge in [0.05, 0.1) is 0 Å². The number of halogens is 1. The highest BCUT2D eigenvalue weighted by atomic mass is 35.5. The van der Waals surface area contributed by atoms with Crippen LogP contribution in [0.4, 0.5) is 0 Å². The Hall–Kier alpha value is -0.870. The normalized spacial score (nSPS) is 16.4. The molecular formula is C9H7ClN2OS. The van der Waals surface area contributed by atoms with Crippen LogP contribution < -0.4 is 0 Å². The zero-order valence-electron chi connectivity index (χ0n) is 7.24. The molecule has 0 N–H and O–H groups in total. The van der Waals surface area contributed by atoms with Crippen LogP contribution in [0.15, 0.2) is 12.4 Å². The van der Waals surface area contributed by atoms with Crippen LogP contribution in [0.2, 0.25) is 0 Å². The van der Waals surface area contributed by atoms with Gasteiger partial charge < -0.3 is 0 Å². The largest absolute Gasteiger partial charge is 0.297 e. The molecule has 72 valence electrons. The van der Waals surface area contributed by atoms with Gasteiger partial charge in [-0.15, -0.1) is 11.3 Å². The van der Waals surface area contributed by atoms with Crippen molar-refractivity contribution < 1.29 is 4.79 Å². The van der Waals surface area contributed by atoms with Crippen LogP contribution in [0.25, 0.3) is 4.96 Å². The van der Waals surface area contributed by atoms with Crippen molar-refractivity contribution >= 4 is 33.1 Å². The number of hydrogen-bond acceptors (Lipinski definition) is 3. The summed E-state index contributed by atoms with van der Waals surface area (Å²) in [7, 11) is 0. The molecule has 0 amide bonds. The van der Waals surface area contributed by atoms with Gasteiger partial charge in [0.1, 0.15) is 5.69 Å². The summed E-state index contributed by atoms with van der Waals surface area (Å²) < 4.78 is 1.88. The molecule has 2 heterocycles. The van der Waals surface area contributed by atoms with Crippen LogP contribution >= 0.6 is 22.9 Å². The van der Waals surface area contributed by atoms with Crippen molar-refractivity contribution in [3.05, 3.63) is 23.0 Å². The van der Waals surface area contributed by atoms with Crippen molar-refractivity contribution in [3.63, 3.8) is 0 Å². The third-order valence-corrected chi connectivity index (χ3v) is 3.71. The number of thiazole rings is 1. The van der Waals surface area contributed by atoms with Gasteiger partial charge in [0.25, 0.3) is 5.24 Å². The minimum atomic E-state index is -0.492. The van der Waals surface area contributed by atoms with Crippen LogP contribution in [0.3, 0.4) is 0 Å². The fourth-order valence-electron chi connectivity index (χ4n) is 1.46. The highest BCUT2D eigenvalue weighted by Crippen LogP contribution is 2.43. The smallest absolute Gasteiger partial charge is 0.272 e. The average molecular weight is 227 g/mol. The van der Waals surface area contributed by atoms with E-state index in [0.29, 0.717) is 5.69 Å². The molecule has 5 heteroatoms. The van der Waals surface area contributed by atoms with E-state index in [4.69, 9.17) is 11.6 Å². The molecule has 0 atom stereocenters. The van der Waals surface area contributed by atoms with Gasteiger partial charge in [-0.05, 0) is 30.4 Å². The summed E-state index contributed by atoms with van der Waals surface area (Å²) in [6.45, 7) is 0. The molecule has 0 radical (unpaired) electrons. The third kappa shape index (κ3) is 1.26. The van der Waals surface area contributed by atoms with Gasteiger partial charge in [0.2, 0.25) is 0 Å². The Morgan fingerprint density at radius 1 is 1.57 bits per heavy atom. The number of rotatable bonds is 2. The third-order valence-electron chi connectivity index (χ3n) is 2.35. The fourth-order valence-corrected chi connectivity index (χ4v) is 2.69. The number of nitrogens with zero attached hydrogens (tertiary/aromatic N) is 2. The lowest BCUT2D eigenvalue weighted by atomic mass is 10.4. The first-order chi connectivity index (χ1) is 6.74. The maximum atomic E-state index is 10.8. The zero-order valence-corrected chi connectivity index (χ0v) is 8.81. The molecule has 0 aromatic carbocycles. The summed E-state index contributed by atoms with van der Waals surface area (Å²) >= 11 is 6.98. The van der Waals surface area contributed by atoms with Crippen LogP contribution in [-0.4, -0.2) is 14.6 Å². The van der Waals surface area contributed by atoms with E-state index in [1.54, 1.807) is 17.5 Å². The van der Waals surface area contributed by atoms with E-state index >= 15 is 0 Å². The molecule has 1 saturated carbocycles. The lowest BCUT2D eigenvalue weighted by molar-refractivity contribution is 0.107. The summed E-state index contributed by atoms with van der Waals surface area (Å²) in [6.07, 6.45) is 6.30. The van der Waals surface area contributed by atoms with Crippen molar-refractivity contribution in [2.24, 2.45) is 0 Å². The monoisotopic (exact) mass is 226 g/mol. The zero-order chi connectivity index (χ0) is 9.71. The first-order valence-electron chi connectivity index (χ1n) is 4.42. The molecule has 1 aliphatic carbocycles. The van der Waals surface area contributed by atoms with E-state index in [-0.39, 0.29) is 0 Å². The number of aromatic nitrogens is 2. The van der Waals surface area contributed by atoms with Crippen molar-refractivity contribution in [1.82, 2.24) is 9.38 Å². The van der Waals surface area contributed by atoms with E-state index in [2.05, 4.69) is 4.98 Å². The predicted octanol–water partition coefficient (Wildman–Crippen LogP) is 2.65. The summed E-state index contributed by atoms with van der Waals surface area (Å²) in [5, 5.41) is -0.492. The highest BCUT2D eigenvalue weighted by Gasteiger charge is 2.26. The molecule has 14 heavy (non-hydrogen) atoms. The molecule has 0 aliphatic heterocycles. The molecule has 2 aromatic rings. The fraction of sp³-hybridized carbons (Fsp3) is 0.333. The van der Waals surface area contributed by atoms with Crippen molar-refractivity contribution in [1.29, 1.82) is 0 Å². The van der Waals surface area contributed by atoms with Gasteiger partial charge >= 0.3 is 0 Å². The minimum Gasteiger partial charge on any atom is -0.297 e. The van der Waals surface area contributed by atoms with Gasteiger partial charge in [-0.1, -0.05) is 0 Å². The number of fused-ring (bicyclic) bond motifs is 1. The van der Waals surface area contributed by atoms with Crippen molar-refractivity contribution in [2.45, 2.75) is 18.8 Å². The van der Waals surface area contributed by atoms with Crippen molar-refractivity contribution in [2.75, 3.05) is 0 Å². The second kappa shape index (κ2) is 2.81. The second-order valence-electron chi connectivity index (χ2n) is 3.50. The lowest BCUT2D eigenvalue weighted by Gasteiger charge is -1.84. The molecular weight excluding hydrogens is 220 g/mol. The Balaban J connectivity index is 2.09. The highest BCUT2D eigenvalue weighted by molar-refractivity contribution is 7.17. The van der Waals surface area contributed by atoms with E-state index in [9.17, 15) is 4.79 Å². The van der Waals surface area contributed by atoms with Gasteiger partial charge in [-0.3, -0.25) is 9.20 Å². The standard InChI is InChI=1S/C9H7ClN2OS/c10-8(13)6-3-12-4-7(5-1-2-5)14-9(12)11-6/h3-5H,1-2H2. The lowest BCUT2D eigenvalue weighted by Crippen LogP contribution is -1.86. The number of imidazole rings is 1. The molecule has 3 rings (SSSR count). The second-order valence-corrected chi connectivity index (χ2v) is 4.88. The van der Waals surface area contributed by atoms with Gasteiger partial charge in [0, 0.05) is 17.3 Å². The van der Waals surface area contributed by atoms with Crippen LogP contribution in [-0.2, 0) is 0 Å². The summed E-state index contributed by atoms with van der Waals surface area (Å²) in [6, 6.07) is 0. The summed E-state index contributed by atoms with van der Waals surface area (Å²) in [5.74, 6) is 0.733. The van der Waals surface area contributed by atoms with Crippen LogP contribution in [0, 0.1) is 0 Å². The predicted molar refractivity (Wildman–Crippen MR) is 55.2 cm³/mol. The topological polar surface area (TPSA) is 34.4 Å². The maximum Gasteiger partial charge on any atom is 0.272 e. The Bertz CT molecular complexity index is 480. The molecule has 0 unspecified atom stereocenters. The summed E-state index contributed by atoms with van der Waals surface area (Å²) in [4.78, 5) is 17.2. The Labute approximate surface area is 89.3 Å². The molecule has 1 fully saturated rings. The molecule has 0 saturated heterocycles. The summed E-state index contributed by atoms with van der Waals surface area (Å²) in [5.41, 5.74) is 0.334. The number of carbonyl (C=O) groups is 1. The molecule has 0 bridgehead atoms. The van der Waals surface area contributed by atoms with Crippen LogP contribution in [0.1, 0.15) is 34.1 Å². The minimum absolute atomic E-state index is 0.334. The molecule has 3 nitrogen and oxygen atoms in total. The molecule has 2 aromatic heterocycles. The van der Waals surface area contributed by atoms with Gasteiger partial charge in [0.15, 0.2) is 4.96 Å². The van der Waals surface area contributed by atoms with Crippen molar-refractivity contribution in [3.8, 4) is 0 Å². The molecule has 0 spiro atoms.